The number of aromatic nitrogens is 3. The van der Waals surface area contributed by atoms with Crippen LogP contribution in [0.15, 0.2) is 36.8 Å². The summed E-state index contributed by atoms with van der Waals surface area (Å²) in [5, 5.41) is 7.28. The minimum atomic E-state index is -0.148. The first-order valence-corrected chi connectivity index (χ1v) is 8.55. The second kappa shape index (κ2) is 9.78. The second-order valence-electron chi connectivity index (χ2n) is 6.33. The van der Waals surface area contributed by atoms with Crippen molar-refractivity contribution in [1.29, 1.82) is 0 Å². The van der Waals surface area contributed by atoms with Gasteiger partial charge in [-0.15, -0.1) is 0 Å². The Hall–Kier alpha value is -2.41. The third-order valence-corrected chi connectivity index (χ3v) is 3.69. The molecule has 0 atom stereocenters. The van der Waals surface area contributed by atoms with Crippen LogP contribution in [0.4, 0.5) is 10.6 Å². The summed E-state index contributed by atoms with van der Waals surface area (Å²) >= 11 is 0. The summed E-state index contributed by atoms with van der Waals surface area (Å²) in [5.41, 5.74) is 1.21. The van der Waals surface area contributed by atoms with Crippen LogP contribution in [0.25, 0.3) is 0 Å². The minimum Gasteiger partial charge on any atom is -0.383 e. The van der Waals surface area contributed by atoms with E-state index < -0.39 is 0 Å². The van der Waals surface area contributed by atoms with Crippen molar-refractivity contribution in [2.24, 2.45) is 5.92 Å². The summed E-state index contributed by atoms with van der Waals surface area (Å²) in [6, 6.07) is 5.65. The number of carbonyl (C=O) groups excluding carboxylic acids is 1. The van der Waals surface area contributed by atoms with Gasteiger partial charge in [-0.25, -0.2) is 4.79 Å². The van der Waals surface area contributed by atoms with Crippen LogP contribution in [-0.2, 0) is 17.7 Å². The Bertz CT molecular complexity index is 642. The van der Waals surface area contributed by atoms with E-state index in [4.69, 9.17) is 4.74 Å². The molecule has 0 aliphatic rings. The highest BCUT2D eigenvalue weighted by atomic mass is 16.5. The van der Waals surface area contributed by atoms with E-state index in [0.717, 1.165) is 13.0 Å². The van der Waals surface area contributed by atoms with E-state index >= 15 is 0 Å². The molecule has 2 aromatic rings. The summed E-state index contributed by atoms with van der Waals surface area (Å²) in [6.07, 6.45) is 6.31. The van der Waals surface area contributed by atoms with Crippen LogP contribution >= 0.6 is 0 Å². The number of nitrogens with one attached hydrogen (secondary N) is 1. The van der Waals surface area contributed by atoms with Crippen LogP contribution in [0, 0.1) is 5.92 Å². The normalized spacial score (nSPS) is 10.9. The number of anilines is 1. The molecule has 0 radical (unpaired) electrons. The van der Waals surface area contributed by atoms with E-state index in [1.165, 1.54) is 5.56 Å². The molecular weight excluding hydrogens is 318 g/mol. The molecule has 0 aliphatic carbocycles. The van der Waals surface area contributed by atoms with Crippen LogP contribution < -0.4 is 5.32 Å². The zero-order valence-corrected chi connectivity index (χ0v) is 15.2. The molecule has 2 heterocycles. The van der Waals surface area contributed by atoms with Gasteiger partial charge in [0.25, 0.3) is 0 Å². The number of hydrogen-bond acceptors (Lipinski definition) is 4. The third-order valence-electron chi connectivity index (χ3n) is 3.69. The Morgan fingerprint density at radius 2 is 2.08 bits per heavy atom. The average molecular weight is 345 g/mol. The van der Waals surface area contributed by atoms with Crippen molar-refractivity contribution in [1.82, 2.24) is 19.7 Å². The zero-order valence-electron chi connectivity index (χ0n) is 15.2. The molecule has 0 saturated heterocycles. The molecule has 136 valence electrons. The van der Waals surface area contributed by atoms with Gasteiger partial charge < -0.3 is 9.64 Å². The number of nitrogens with zero attached hydrogens (tertiary/aromatic N) is 4. The number of rotatable bonds is 9. The SMILES string of the molecule is COCCN(CC(C)C)C(=O)Nc1ccn(CCc2ccncc2)n1. The fourth-order valence-corrected chi connectivity index (χ4v) is 2.45. The second-order valence-corrected chi connectivity index (χ2v) is 6.33. The zero-order chi connectivity index (χ0) is 18.1. The van der Waals surface area contributed by atoms with E-state index in [1.807, 2.05) is 29.1 Å². The highest BCUT2D eigenvalue weighted by Crippen LogP contribution is 2.08. The molecule has 2 aromatic heterocycles. The summed E-state index contributed by atoms with van der Waals surface area (Å²) in [4.78, 5) is 18.2. The lowest BCUT2D eigenvalue weighted by atomic mass is 10.2. The molecule has 0 bridgehead atoms. The topological polar surface area (TPSA) is 72.3 Å². The number of pyridine rings is 1. The van der Waals surface area contributed by atoms with Gasteiger partial charge in [-0.2, -0.15) is 5.10 Å². The molecule has 2 rings (SSSR count). The van der Waals surface area contributed by atoms with Gasteiger partial charge in [0.2, 0.25) is 0 Å². The molecular formula is C18H27N5O2. The molecule has 0 saturated carbocycles. The van der Waals surface area contributed by atoms with Gasteiger partial charge in [0.15, 0.2) is 5.82 Å². The summed E-state index contributed by atoms with van der Waals surface area (Å²) in [7, 11) is 1.63. The molecule has 2 amide bonds. The van der Waals surface area contributed by atoms with Crippen molar-refractivity contribution in [3.63, 3.8) is 0 Å². The van der Waals surface area contributed by atoms with Crippen molar-refractivity contribution in [2.75, 3.05) is 32.1 Å². The predicted octanol–water partition coefficient (Wildman–Crippen LogP) is 2.66. The minimum absolute atomic E-state index is 0.148. The number of aryl methyl sites for hydroxylation is 2. The summed E-state index contributed by atoms with van der Waals surface area (Å²) < 4.78 is 6.92. The molecule has 25 heavy (non-hydrogen) atoms. The van der Waals surface area contributed by atoms with Gasteiger partial charge in [-0.05, 0) is 30.0 Å². The van der Waals surface area contributed by atoms with Crippen molar-refractivity contribution < 1.29 is 9.53 Å². The van der Waals surface area contributed by atoms with Crippen LogP contribution in [0.3, 0.4) is 0 Å². The van der Waals surface area contributed by atoms with Crippen LogP contribution in [0.1, 0.15) is 19.4 Å². The first-order valence-electron chi connectivity index (χ1n) is 8.55. The largest absolute Gasteiger partial charge is 0.383 e. The lowest BCUT2D eigenvalue weighted by Gasteiger charge is -2.24. The maximum atomic E-state index is 12.4. The van der Waals surface area contributed by atoms with Crippen molar-refractivity contribution in [3.8, 4) is 0 Å². The summed E-state index contributed by atoms with van der Waals surface area (Å²) in [6.45, 7) is 6.67. The molecule has 0 aliphatic heterocycles. The molecule has 0 spiro atoms. The van der Waals surface area contributed by atoms with Gasteiger partial charge in [0.05, 0.1) is 6.61 Å². The van der Waals surface area contributed by atoms with E-state index in [0.29, 0.717) is 31.4 Å². The molecule has 7 heteroatoms. The lowest BCUT2D eigenvalue weighted by Crippen LogP contribution is -2.39. The lowest BCUT2D eigenvalue weighted by molar-refractivity contribution is 0.150. The van der Waals surface area contributed by atoms with Crippen LogP contribution in [0.5, 0.6) is 0 Å². The van der Waals surface area contributed by atoms with Crippen LogP contribution in [0.2, 0.25) is 0 Å². The Labute approximate surface area is 149 Å². The van der Waals surface area contributed by atoms with Gasteiger partial charge in [0.1, 0.15) is 0 Å². The quantitative estimate of drug-likeness (QED) is 0.758. The number of hydrogen-bond donors (Lipinski definition) is 1. The molecule has 0 aromatic carbocycles. The van der Waals surface area contributed by atoms with E-state index in [9.17, 15) is 4.79 Å². The maximum absolute atomic E-state index is 12.4. The van der Waals surface area contributed by atoms with Crippen molar-refractivity contribution in [3.05, 3.63) is 42.4 Å². The number of methoxy groups -OCH3 is 1. The first-order chi connectivity index (χ1) is 12.1. The number of ether oxygens (including phenoxy) is 1. The van der Waals surface area contributed by atoms with E-state index in [1.54, 1.807) is 24.4 Å². The van der Waals surface area contributed by atoms with E-state index in [-0.39, 0.29) is 6.03 Å². The Balaban J connectivity index is 1.88. The summed E-state index contributed by atoms with van der Waals surface area (Å²) in [5.74, 6) is 0.950. The number of carbonyl (C=O) groups is 1. The Morgan fingerprint density at radius 3 is 2.76 bits per heavy atom. The van der Waals surface area contributed by atoms with Gasteiger partial charge in [-0.1, -0.05) is 13.8 Å². The number of amides is 2. The average Bonchev–Trinajstić information content (AvgIpc) is 3.04. The monoisotopic (exact) mass is 345 g/mol. The fourth-order valence-electron chi connectivity index (χ4n) is 2.45. The molecule has 1 N–H and O–H groups in total. The van der Waals surface area contributed by atoms with Crippen LogP contribution in [-0.4, -0.2) is 52.5 Å². The third kappa shape index (κ3) is 6.54. The van der Waals surface area contributed by atoms with Gasteiger partial charge in [0, 0.05) is 51.4 Å². The van der Waals surface area contributed by atoms with Crippen molar-refractivity contribution in [2.45, 2.75) is 26.8 Å². The Kier molecular flexibility index (Phi) is 7.40. The fraction of sp³-hybridized carbons (Fsp3) is 0.500. The maximum Gasteiger partial charge on any atom is 0.323 e. The van der Waals surface area contributed by atoms with Gasteiger partial charge >= 0.3 is 6.03 Å². The smallest absolute Gasteiger partial charge is 0.323 e. The molecule has 0 fully saturated rings. The molecule has 7 nitrogen and oxygen atoms in total. The van der Waals surface area contributed by atoms with Crippen molar-refractivity contribution >= 4 is 11.8 Å². The number of urea groups is 1. The predicted molar refractivity (Wildman–Crippen MR) is 97.5 cm³/mol. The highest BCUT2D eigenvalue weighted by Gasteiger charge is 2.15. The highest BCUT2D eigenvalue weighted by molar-refractivity contribution is 5.88. The van der Waals surface area contributed by atoms with Gasteiger partial charge in [-0.3, -0.25) is 15.0 Å². The molecule has 0 unspecified atom stereocenters. The first kappa shape index (κ1) is 18.9. The van der Waals surface area contributed by atoms with E-state index in [2.05, 4.69) is 29.2 Å². The Morgan fingerprint density at radius 1 is 1.32 bits per heavy atom. The standard InChI is InChI=1S/C18H27N5O2/c1-15(2)14-22(12-13-25-3)18(24)20-17-7-11-23(21-17)10-6-16-4-8-19-9-5-16/h4-5,7-9,11,15H,6,10,12-14H2,1-3H3,(H,20,21,24).